The number of carboxylic acid groups (broad SMARTS) is 1. The van der Waals surface area contributed by atoms with Gasteiger partial charge in [-0.3, -0.25) is 4.79 Å². The van der Waals surface area contributed by atoms with Crippen molar-refractivity contribution in [1.82, 2.24) is 4.90 Å². The highest BCUT2D eigenvalue weighted by Gasteiger charge is 2.33. The highest BCUT2D eigenvalue weighted by molar-refractivity contribution is 5.79. The van der Waals surface area contributed by atoms with Crippen molar-refractivity contribution in [3.05, 3.63) is 35.6 Å². The van der Waals surface area contributed by atoms with Gasteiger partial charge >= 0.3 is 5.97 Å². The van der Waals surface area contributed by atoms with Crippen LogP contribution in [0, 0.1) is 5.82 Å². The van der Waals surface area contributed by atoms with Crippen LogP contribution in [0.1, 0.15) is 25.0 Å². The average molecular weight is 311 g/mol. The molecule has 0 saturated carbocycles. The summed E-state index contributed by atoms with van der Waals surface area (Å²) in [6, 6.07) is 5.40. The first kappa shape index (κ1) is 16.4. The van der Waals surface area contributed by atoms with Gasteiger partial charge in [0.25, 0.3) is 0 Å². The first-order chi connectivity index (χ1) is 10.4. The van der Waals surface area contributed by atoms with Crippen molar-refractivity contribution in [2.24, 2.45) is 0 Å². The van der Waals surface area contributed by atoms with Crippen LogP contribution in [-0.4, -0.2) is 52.3 Å². The van der Waals surface area contributed by atoms with Gasteiger partial charge in [0.2, 0.25) is 5.91 Å². The summed E-state index contributed by atoms with van der Waals surface area (Å²) in [6.07, 6.45) is -2.84. The maximum absolute atomic E-state index is 13.1. The molecule has 3 atom stereocenters. The molecular weight excluding hydrogens is 293 g/mol. The van der Waals surface area contributed by atoms with Gasteiger partial charge in [-0.15, -0.1) is 0 Å². The van der Waals surface area contributed by atoms with Crippen LogP contribution in [0.5, 0.6) is 0 Å². The second-order valence-corrected chi connectivity index (χ2v) is 5.35. The normalized spacial score (nSPS) is 23.1. The van der Waals surface area contributed by atoms with Crippen LogP contribution in [0.3, 0.4) is 0 Å². The Bertz CT molecular complexity index is 565. The van der Waals surface area contributed by atoms with Crippen LogP contribution in [0.25, 0.3) is 0 Å². The number of ether oxygens (including phenoxy) is 1. The Morgan fingerprint density at radius 1 is 1.45 bits per heavy atom. The van der Waals surface area contributed by atoms with Crippen molar-refractivity contribution in [3.8, 4) is 0 Å². The second-order valence-electron chi connectivity index (χ2n) is 5.35. The molecule has 2 rings (SSSR count). The Balaban J connectivity index is 2.00. The molecule has 1 aromatic carbocycles. The molecule has 2 N–H and O–H groups in total. The summed E-state index contributed by atoms with van der Waals surface area (Å²) < 4.78 is 18.4. The molecule has 1 saturated heterocycles. The molecule has 1 aromatic rings. The third kappa shape index (κ3) is 4.02. The van der Waals surface area contributed by atoms with Gasteiger partial charge in [0.15, 0.2) is 6.10 Å². The van der Waals surface area contributed by atoms with E-state index in [1.807, 2.05) is 0 Å². The SMILES string of the molecule is C[C@@H]1CN(C(=O)CC(O)c2cccc(F)c2)CC(C(=O)O)O1. The van der Waals surface area contributed by atoms with Gasteiger partial charge in [-0.05, 0) is 24.6 Å². The minimum absolute atomic E-state index is 0.0611. The predicted molar refractivity (Wildman–Crippen MR) is 74.5 cm³/mol. The molecule has 6 nitrogen and oxygen atoms in total. The van der Waals surface area contributed by atoms with Gasteiger partial charge in [-0.2, -0.15) is 0 Å². The molecule has 0 aromatic heterocycles. The largest absolute Gasteiger partial charge is 0.479 e. The topological polar surface area (TPSA) is 87.1 Å². The Hall–Kier alpha value is -1.99. The maximum atomic E-state index is 13.1. The first-order valence-electron chi connectivity index (χ1n) is 6.96. The predicted octanol–water partition coefficient (Wildman–Crippen LogP) is 0.950. The van der Waals surface area contributed by atoms with Gasteiger partial charge < -0.3 is 19.8 Å². The number of nitrogens with zero attached hydrogens (tertiary/aromatic N) is 1. The number of aliphatic hydroxyl groups is 1. The number of carboxylic acids is 1. The standard InChI is InChI=1S/C15H18FNO5/c1-9-7-17(8-13(22-9)15(20)21)14(19)6-12(18)10-3-2-4-11(16)5-10/h2-5,9,12-13,18H,6-8H2,1H3,(H,20,21)/t9-,12?,13?/m1/s1. The highest BCUT2D eigenvalue weighted by atomic mass is 19.1. The summed E-state index contributed by atoms with van der Waals surface area (Å²) in [4.78, 5) is 24.6. The van der Waals surface area contributed by atoms with Crippen LogP contribution in [-0.2, 0) is 14.3 Å². The van der Waals surface area contributed by atoms with E-state index < -0.39 is 36.0 Å². The average Bonchev–Trinajstić information content (AvgIpc) is 2.46. The fraction of sp³-hybridized carbons (Fsp3) is 0.467. The molecule has 0 aliphatic carbocycles. The van der Waals surface area contributed by atoms with Crippen molar-refractivity contribution in [2.75, 3.05) is 13.1 Å². The van der Waals surface area contributed by atoms with Crippen LogP contribution in [0.4, 0.5) is 4.39 Å². The van der Waals surface area contributed by atoms with E-state index in [-0.39, 0.29) is 19.5 Å². The maximum Gasteiger partial charge on any atom is 0.334 e. The van der Waals surface area contributed by atoms with E-state index >= 15 is 0 Å². The molecule has 0 spiro atoms. The minimum Gasteiger partial charge on any atom is -0.479 e. The molecule has 0 bridgehead atoms. The van der Waals surface area contributed by atoms with E-state index in [1.165, 1.54) is 29.2 Å². The lowest BCUT2D eigenvalue weighted by Crippen LogP contribution is -2.52. The zero-order valence-electron chi connectivity index (χ0n) is 12.1. The molecule has 22 heavy (non-hydrogen) atoms. The molecule has 1 heterocycles. The zero-order chi connectivity index (χ0) is 16.3. The van der Waals surface area contributed by atoms with Gasteiger partial charge in [0.05, 0.1) is 25.2 Å². The molecule has 1 fully saturated rings. The van der Waals surface area contributed by atoms with Crippen molar-refractivity contribution in [2.45, 2.75) is 31.7 Å². The third-order valence-electron chi connectivity index (χ3n) is 3.49. The molecule has 120 valence electrons. The van der Waals surface area contributed by atoms with Crippen molar-refractivity contribution in [3.63, 3.8) is 0 Å². The zero-order valence-corrected chi connectivity index (χ0v) is 12.1. The van der Waals surface area contributed by atoms with Crippen LogP contribution >= 0.6 is 0 Å². The van der Waals surface area contributed by atoms with E-state index in [0.717, 1.165) is 0 Å². The molecular formula is C15H18FNO5. The number of hydrogen-bond donors (Lipinski definition) is 2. The number of benzene rings is 1. The van der Waals surface area contributed by atoms with Gasteiger partial charge in [0, 0.05) is 6.54 Å². The first-order valence-corrected chi connectivity index (χ1v) is 6.96. The lowest BCUT2D eigenvalue weighted by molar-refractivity contribution is -0.167. The summed E-state index contributed by atoms with van der Waals surface area (Å²) in [6.45, 7) is 1.88. The summed E-state index contributed by atoms with van der Waals surface area (Å²) >= 11 is 0. The molecule has 1 amide bonds. The van der Waals surface area contributed by atoms with Gasteiger partial charge in [0.1, 0.15) is 5.82 Å². The van der Waals surface area contributed by atoms with Crippen molar-refractivity contribution < 1.29 is 28.9 Å². The Labute approximate surface area is 127 Å². The quantitative estimate of drug-likeness (QED) is 0.864. The van der Waals surface area contributed by atoms with Crippen molar-refractivity contribution >= 4 is 11.9 Å². The van der Waals surface area contributed by atoms with E-state index in [1.54, 1.807) is 6.92 Å². The number of carbonyl (C=O) groups is 2. The van der Waals surface area contributed by atoms with Gasteiger partial charge in [-0.1, -0.05) is 12.1 Å². The fourth-order valence-corrected chi connectivity index (χ4v) is 2.42. The lowest BCUT2D eigenvalue weighted by atomic mass is 10.1. The highest BCUT2D eigenvalue weighted by Crippen LogP contribution is 2.20. The molecule has 7 heteroatoms. The van der Waals surface area contributed by atoms with E-state index in [2.05, 4.69) is 0 Å². The number of hydrogen-bond acceptors (Lipinski definition) is 4. The summed E-state index contributed by atoms with van der Waals surface area (Å²) in [5.41, 5.74) is 0.310. The molecule has 1 aliphatic rings. The number of halogens is 1. The van der Waals surface area contributed by atoms with Crippen LogP contribution < -0.4 is 0 Å². The number of amides is 1. The lowest BCUT2D eigenvalue weighted by Gasteiger charge is -2.35. The number of rotatable bonds is 4. The number of morpholine rings is 1. The van der Waals surface area contributed by atoms with E-state index in [0.29, 0.717) is 5.56 Å². The molecule has 1 aliphatic heterocycles. The van der Waals surface area contributed by atoms with Crippen molar-refractivity contribution in [1.29, 1.82) is 0 Å². The Morgan fingerprint density at radius 2 is 2.18 bits per heavy atom. The molecule has 0 radical (unpaired) electrons. The minimum atomic E-state index is -1.13. The summed E-state index contributed by atoms with van der Waals surface area (Å²) in [5, 5.41) is 19.0. The Kier molecular flexibility index (Phi) is 5.10. The molecule has 2 unspecified atom stereocenters. The van der Waals surface area contributed by atoms with E-state index in [4.69, 9.17) is 9.84 Å². The number of aliphatic hydroxyl groups excluding tert-OH is 1. The second kappa shape index (κ2) is 6.85. The summed E-state index contributed by atoms with van der Waals surface area (Å²) in [5.74, 6) is -2.01. The third-order valence-corrected chi connectivity index (χ3v) is 3.49. The summed E-state index contributed by atoms with van der Waals surface area (Å²) in [7, 11) is 0. The monoisotopic (exact) mass is 311 g/mol. The smallest absolute Gasteiger partial charge is 0.334 e. The van der Waals surface area contributed by atoms with E-state index in [9.17, 15) is 19.1 Å². The number of carbonyl (C=O) groups excluding carboxylic acids is 1. The van der Waals surface area contributed by atoms with Gasteiger partial charge in [-0.25, -0.2) is 9.18 Å². The van der Waals surface area contributed by atoms with Crippen LogP contribution in [0.15, 0.2) is 24.3 Å². The number of aliphatic carboxylic acids is 1. The fourth-order valence-electron chi connectivity index (χ4n) is 2.42. The Morgan fingerprint density at radius 3 is 2.82 bits per heavy atom. The van der Waals surface area contributed by atoms with Crippen LogP contribution in [0.2, 0.25) is 0 Å².